The van der Waals surface area contributed by atoms with E-state index >= 15 is 0 Å². The Morgan fingerprint density at radius 1 is 1.03 bits per heavy atom. The fraction of sp³-hybridized carbons (Fsp3) is 0.0952. The molecule has 0 aromatic heterocycles. The third-order valence-electron chi connectivity index (χ3n) is 4.22. The summed E-state index contributed by atoms with van der Waals surface area (Å²) in [5.74, 6) is -0.806. The van der Waals surface area contributed by atoms with Crippen molar-refractivity contribution in [3.63, 3.8) is 0 Å². The topological polar surface area (TPSA) is 66.5 Å². The number of nitrogens with one attached hydrogen (secondary N) is 1. The predicted molar refractivity (Wildman–Crippen MR) is 111 cm³/mol. The number of nitrogens with zero attached hydrogens (tertiary/aromatic N) is 1. The van der Waals surface area contributed by atoms with Gasteiger partial charge in [0, 0.05) is 19.2 Å². The zero-order valence-electron chi connectivity index (χ0n) is 15.5. The molecule has 0 heterocycles. The molecule has 8 heteroatoms. The van der Waals surface area contributed by atoms with E-state index in [1.807, 2.05) is 0 Å². The first kappa shape index (κ1) is 20.8. The minimum atomic E-state index is -3.77. The lowest BCUT2D eigenvalue weighted by molar-refractivity contribution is 0.0784. The first-order chi connectivity index (χ1) is 13.8. The SMILES string of the molecule is CN(Cc1ccccc1F)C(=O)c1ccc(NS(=O)(=O)c2ccccc2)cc1Cl. The van der Waals surface area contributed by atoms with Crippen LogP contribution in [0, 0.1) is 5.82 Å². The maximum atomic E-state index is 13.8. The lowest BCUT2D eigenvalue weighted by Crippen LogP contribution is -2.27. The summed E-state index contributed by atoms with van der Waals surface area (Å²) in [6.45, 7) is 0.0736. The van der Waals surface area contributed by atoms with Crippen molar-refractivity contribution in [2.45, 2.75) is 11.4 Å². The smallest absolute Gasteiger partial charge is 0.261 e. The minimum Gasteiger partial charge on any atom is -0.337 e. The Morgan fingerprint density at radius 2 is 1.69 bits per heavy atom. The highest BCUT2D eigenvalue weighted by Crippen LogP contribution is 2.25. The Bertz CT molecular complexity index is 1140. The summed E-state index contributed by atoms with van der Waals surface area (Å²) < 4.78 is 41.1. The molecule has 150 valence electrons. The van der Waals surface area contributed by atoms with Crippen molar-refractivity contribution >= 4 is 33.2 Å². The van der Waals surface area contributed by atoms with E-state index in [1.165, 1.54) is 48.3 Å². The van der Waals surface area contributed by atoms with Gasteiger partial charge in [-0.3, -0.25) is 9.52 Å². The molecular formula is C21H18ClFN2O3S. The number of rotatable bonds is 6. The van der Waals surface area contributed by atoms with Gasteiger partial charge in [0.1, 0.15) is 5.82 Å². The van der Waals surface area contributed by atoms with E-state index in [0.29, 0.717) is 5.56 Å². The summed E-state index contributed by atoms with van der Waals surface area (Å²) in [5.41, 5.74) is 0.798. The molecule has 0 atom stereocenters. The van der Waals surface area contributed by atoms with Gasteiger partial charge in [0.15, 0.2) is 0 Å². The van der Waals surface area contributed by atoms with Crippen molar-refractivity contribution < 1.29 is 17.6 Å². The second-order valence-electron chi connectivity index (χ2n) is 6.37. The highest BCUT2D eigenvalue weighted by molar-refractivity contribution is 7.92. The Morgan fingerprint density at radius 3 is 2.34 bits per heavy atom. The summed E-state index contributed by atoms with van der Waals surface area (Å²) >= 11 is 6.22. The van der Waals surface area contributed by atoms with Crippen LogP contribution in [0.4, 0.5) is 10.1 Å². The number of sulfonamides is 1. The average Bonchev–Trinajstić information content (AvgIpc) is 2.70. The molecule has 0 radical (unpaired) electrons. The quantitative estimate of drug-likeness (QED) is 0.621. The van der Waals surface area contributed by atoms with Crippen molar-refractivity contribution in [2.75, 3.05) is 11.8 Å². The van der Waals surface area contributed by atoms with Gasteiger partial charge in [-0.05, 0) is 36.4 Å². The standard InChI is InChI=1S/C21H18ClFN2O3S/c1-25(14-15-7-5-6-10-20(15)23)21(26)18-12-11-16(13-19(18)22)24-29(27,28)17-8-3-2-4-9-17/h2-13,24H,14H2,1H3. The van der Waals surface area contributed by atoms with Crippen molar-refractivity contribution in [3.8, 4) is 0 Å². The minimum absolute atomic E-state index is 0.0736. The molecular weight excluding hydrogens is 415 g/mol. The van der Waals surface area contributed by atoms with Gasteiger partial charge in [-0.2, -0.15) is 0 Å². The Hall–Kier alpha value is -2.90. The monoisotopic (exact) mass is 432 g/mol. The molecule has 1 N–H and O–H groups in total. The number of anilines is 1. The molecule has 5 nitrogen and oxygen atoms in total. The summed E-state index contributed by atoms with van der Waals surface area (Å²) in [5, 5.41) is 0.0867. The molecule has 0 aliphatic heterocycles. The van der Waals surface area contributed by atoms with E-state index in [0.717, 1.165) is 0 Å². The van der Waals surface area contributed by atoms with Gasteiger partial charge in [0.2, 0.25) is 0 Å². The number of carbonyl (C=O) groups excluding carboxylic acids is 1. The first-order valence-electron chi connectivity index (χ1n) is 8.64. The molecule has 1 amide bonds. The largest absolute Gasteiger partial charge is 0.337 e. The number of hydrogen-bond donors (Lipinski definition) is 1. The van der Waals surface area contributed by atoms with Crippen LogP contribution in [0.15, 0.2) is 77.7 Å². The second kappa shape index (κ2) is 8.63. The fourth-order valence-corrected chi connectivity index (χ4v) is 4.06. The summed E-state index contributed by atoms with van der Waals surface area (Å²) in [7, 11) is -2.23. The molecule has 0 fully saturated rings. The van der Waals surface area contributed by atoms with Crippen molar-refractivity contribution in [3.05, 3.63) is 94.8 Å². The third kappa shape index (κ3) is 4.93. The van der Waals surface area contributed by atoms with E-state index in [4.69, 9.17) is 11.6 Å². The van der Waals surface area contributed by atoms with Crippen molar-refractivity contribution in [2.24, 2.45) is 0 Å². The van der Waals surface area contributed by atoms with Crippen LogP contribution in [0.5, 0.6) is 0 Å². The zero-order valence-corrected chi connectivity index (χ0v) is 17.0. The molecule has 0 unspecified atom stereocenters. The van der Waals surface area contributed by atoms with Crippen LogP contribution in [0.2, 0.25) is 5.02 Å². The first-order valence-corrected chi connectivity index (χ1v) is 10.5. The highest BCUT2D eigenvalue weighted by Gasteiger charge is 2.19. The van der Waals surface area contributed by atoms with Crippen LogP contribution < -0.4 is 4.72 Å². The van der Waals surface area contributed by atoms with Gasteiger partial charge in [-0.15, -0.1) is 0 Å². The number of amides is 1. The van der Waals surface area contributed by atoms with Gasteiger partial charge in [0.25, 0.3) is 15.9 Å². The van der Waals surface area contributed by atoms with E-state index in [2.05, 4.69) is 4.72 Å². The Labute approximate surface area is 173 Å². The van der Waals surface area contributed by atoms with E-state index in [1.54, 1.807) is 36.4 Å². The third-order valence-corrected chi connectivity index (χ3v) is 5.93. The maximum absolute atomic E-state index is 13.8. The molecule has 3 rings (SSSR count). The molecule has 29 heavy (non-hydrogen) atoms. The molecule has 0 aliphatic carbocycles. The van der Waals surface area contributed by atoms with E-state index in [-0.39, 0.29) is 27.7 Å². The van der Waals surface area contributed by atoms with Gasteiger partial charge < -0.3 is 4.90 Å². The van der Waals surface area contributed by atoms with E-state index < -0.39 is 21.7 Å². The molecule has 0 saturated carbocycles. The van der Waals surface area contributed by atoms with E-state index in [9.17, 15) is 17.6 Å². The lowest BCUT2D eigenvalue weighted by atomic mass is 10.1. The summed E-state index contributed by atoms with van der Waals surface area (Å²) in [4.78, 5) is 14.1. The molecule has 0 saturated heterocycles. The lowest BCUT2D eigenvalue weighted by Gasteiger charge is -2.19. The molecule has 3 aromatic carbocycles. The van der Waals surface area contributed by atoms with Crippen LogP contribution in [0.3, 0.4) is 0 Å². The van der Waals surface area contributed by atoms with Crippen LogP contribution >= 0.6 is 11.6 Å². The Balaban J connectivity index is 1.77. The van der Waals surface area contributed by atoms with Gasteiger partial charge in [0.05, 0.1) is 21.2 Å². The highest BCUT2D eigenvalue weighted by atomic mass is 35.5. The molecule has 0 bridgehead atoms. The van der Waals surface area contributed by atoms with Gasteiger partial charge in [-0.1, -0.05) is 48.0 Å². The normalized spacial score (nSPS) is 11.1. The predicted octanol–water partition coefficient (Wildman–Crippen LogP) is 4.55. The van der Waals surface area contributed by atoms with Crippen molar-refractivity contribution in [1.29, 1.82) is 0 Å². The average molecular weight is 433 g/mol. The van der Waals surface area contributed by atoms with Gasteiger partial charge in [-0.25, -0.2) is 12.8 Å². The Kier molecular flexibility index (Phi) is 6.20. The number of hydrogen-bond acceptors (Lipinski definition) is 3. The van der Waals surface area contributed by atoms with Gasteiger partial charge >= 0.3 is 0 Å². The number of benzene rings is 3. The maximum Gasteiger partial charge on any atom is 0.261 e. The zero-order chi connectivity index (χ0) is 21.0. The van der Waals surface area contributed by atoms with Crippen LogP contribution in [-0.2, 0) is 16.6 Å². The molecule has 0 spiro atoms. The fourth-order valence-electron chi connectivity index (χ4n) is 2.73. The number of carbonyl (C=O) groups is 1. The molecule has 0 aliphatic rings. The summed E-state index contributed by atoms with van der Waals surface area (Å²) in [6.07, 6.45) is 0. The van der Waals surface area contributed by atoms with Crippen molar-refractivity contribution in [1.82, 2.24) is 4.90 Å². The second-order valence-corrected chi connectivity index (χ2v) is 8.46. The number of halogens is 2. The van der Waals surface area contributed by atoms with Crippen LogP contribution in [-0.4, -0.2) is 26.3 Å². The molecule has 3 aromatic rings. The summed E-state index contributed by atoms with van der Waals surface area (Å²) in [6, 6.07) is 18.4. The van der Waals surface area contributed by atoms with Crippen LogP contribution in [0.1, 0.15) is 15.9 Å². The van der Waals surface area contributed by atoms with Crippen LogP contribution in [0.25, 0.3) is 0 Å².